The van der Waals surface area contributed by atoms with Crippen LogP contribution in [0.2, 0.25) is 5.02 Å². The van der Waals surface area contributed by atoms with Crippen LogP contribution in [-0.2, 0) is 17.1 Å². The van der Waals surface area contributed by atoms with Crippen molar-refractivity contribution in [1.82, 2.24) is 15.5 Å². The van der Waals surface area contributed by atoms with Gasteiger partial charge in [-0.2, -0.15) is 4.98 Å². The molecule has 6 nitrogen and oxygen atoms in total. The molecule has 3 N–H and O–H groups in total. The molecular weight excluding hydrogens is 300 g/mol. The largest absolute Gasteiger partial charge is 0.369 e. The van der Waals surface area contributed by atoms with E-state index in [1.807, 2.05) is 24.3 Å². The van der Waals surface area contributed by atoms with Gasteiger partial charge in [-0.25, -0.2) is 0 Å². The molecule has 1 aromatic heterocycles. The molecule has 0 radical (unpaired) electrons. The number of halogens is 1. The van der Waals surface area contributed by atoms with E-state index in [9.17, 15) is 4.79 Å². The molecule has 0 spiro atoms. The van der Waals surface area contributed by atoms with E-state index in [0.717, 1.165) is 4.90 Å². The lowest BCUT2D eigenvalue weighted by Gasteiger charge is -1.98. The van der Waals surface area contributed by atoms with Crippen LogP contribution >= 0.6 is 23.4 Å². The van der Waals surface area contributed by atoms with Gasteiger partial charge in [0, 0.05) is 9.92 Å². The van der Waals surface area contributed by atoms with Gasteiger partial charge >= 0.3 is 0 Å². The number of amides is 1. The number of carbonyl (C=O) groups excluding carboxylic acids is 1. The monoisotopic (exact) mass is 312 g/mol. The highest BCUT2D eigenvalue weighted by molar-refractivity contribution is 7.98. The summed E-state index contributed by atoms with van der Waals surface area (Å²) in [5.74, 6) is 1.20. The Morgan fingerprint density at radius 3 is 2.85 bits per heavy atom. The fraction of sp³-hybridized carbons (Fsp3) is 0.250. The smallest absolute Gasteiger partial charge is 0.240 e. The van der Waals surface area contributed by atoms with Crippen LogP contribution in [0.25, 0.3) is 0 Å². The molecule has 2 rings (SSSR count). The van der Waals surface area contributed by atoms with Crippen molar-refractivity contribution < 1.29 is 9.32 Å². The standard InChI is InChI=1S/C12H13ClN4O2S/c13-8-1-3-9(4-2-8)20-7-11-16-12(19-17-11)6-15-5-10(14)18/h1-4,15H,5-7H2,(H2,14,18). The minimum atomic E-state index is -0.428. The number of hydrogen-bond donors (Lipinski definition) is 2. The van der Waals surface area contributed by atoms with Crippen LogP contribution in [-0.4, -0.2) is 22.6 Å². The van der Waals surface area contributed by atoms with Gasteiger partial charge in [0.05, 0.1) is 18.8 Å². The molecule has 0 bridgehead atoms. The highest BCUT2D eigenvalue weighted by Crippen LogP contribution is 2.23. The second-order valence-electron chi connectivity index (χ2n) is 3.92. The average Bonchev–Trinajstić information content (AvgIpc) is 2.86. The summed E-state index contributed by atoms with van der Waals surface area (Å²) < 4.78 is 5.04. The topological polar surface area (TPSA) is 94.0 Å². The zero-order valence-electron chi connectivity index (χ0n) is 10.5. The van der Waals surface area contributed by atoms with E-state index in [0.29, 0.717) is 29.0 Å². The summed E-state index contributed by atoms with van der Waals surface area (Å²) in [6, 6.07) is 7.53. The third-order valence-electron chi connectivity index (χ3n) is 2.27. The summed E-state index contributed by atoms with van der Waals surface area (Å²) in [4.78, 5) is 15.8. The van der Waals surface area contributed by atoms with Gasteiger partial charge in [0.2, 0.25) is 11.8 Å². The Labute approximate surface area is 125 Å². The first-order valence-corrected chi connectivity index (χ1v) is 7.18. The lowest BCUT2D eigenvalue weighted by atomic mass is 10.4. The van der Waals surface area contributed by atoms with E-state index in [1.165, 1.54) is 0 Å². The maximum absolute atomic E-state index is 10.6. The number of primary amides is 1. The highest BCUT2D eigenvalue weighted by Gasteiger charge is 2.07. The summed E-state index contributed by atoms with van der Waals surface area (Å²) in [6.45, 7) is 0.402. The Kier molecular flexibility index (Phi) is 5.40. The zero-order valence-corrected chi connectivity index (χ0v) is 12.1. The van der Waals surface area contributed by atoms with Gasteiger partial charge in [0.15, 0.2) is 5.82 Å². The van der Waals surface area contributed by atoms with Gasteiger partial charge in [-0.05, 0) is 24.3 Å². The number of nitrogens with zero attached hydrogens (tertiary/aromatic N) is 2. The summed E-state index contributed by atoms with van der Waals surface area (Å²) >= 11 is 7.40. The van der Waals surface area contributed by atoms with E-state index in [2.05, 4.69) is 15.5 Å². The molecule has 0 fully saturated rings. The highest BCUT2D eigenvalue weighted by atomic mass is 35.5. The lowest BCUT2D eigenvalue weighted by molar-refractivity contribution is -0.117. The molecule has 106 valence electrons. The van der Waals surface area contributed by atoms with Crippen molar-refractivity contribution in [3.05, 3.63) is 41.0 Å². The van der Waals surface area contributed by atoms with Crippen LogP contribution in [0.15, 0.2) is 33.7 Å². The van der Waals surface area contributed by atoms with Crippen molar-refractivity contribution in [2.24, 2.45) is 5.73 Å². The van der Waals surface area contributed by atoms with E-state index in [1.54, 1.807) is 11.8 Å². The van der Waals surface area contributed by atoms with Crippen LogP contribution in [0, 0.1) is 0 Å². The summed E-state index contributed by atoms with van der Waals surface area (Å²) in [7, 11) is 0. The zero-order chi connectivity index (χ0) is 14.4. The summed E-state index contributed by atoms with van der Waals surface area (Å²) in [6.07, 6.45) is 0. The van der Waals surface area contributed by atoms with Crippen molar-refractivity contribution in [1.29, 1.82) is 0 Å². The molecule has 1 heterocycles. The van der Waals surface area contributed by atoms with E-state index in [-0.39, 0.29) is 6.54 Å². The minimum Gasteiger partial charge on any atom is -0.369 e. The first-order valence-electron chi connectivity index (χ1n) is 5.82. The minimum absolute atomic E-state index is 0.0806. The molecule has 0 aliphatic heterocycles. The number of carbonyl (C=O) groups is 1. The van der Waals surface area contributed by atoms with Gasteiger partial charge < -0.3 is 10.3 Å². The maximum Gasteiger partial charge on any atom is 0.240 e. The molecule has 20 heavy (non-hydrogen) atoms. The maximum atomic E-state index is 10.6. The van der Waals surface area contributed by atoms with Crippen molar-refractivity contribution in [2.45, 2.75) is 17.2 Å². The number of nitrogens with one attached hydrogen (secondary N) is 1. The number of benzene rings is 1. The Bertz CT molecular complexity index is 573. The van der Waals surface area contributed by atoms with Crippen LogP contribution < -0.4 is 11.1 Å². The quantitative estimate of drug-likeness (QED) is 0.754. The molecule has 2 aromatic rings. The van der Waals surface area contributed by atoms with Crippen LogP contribution in [0.5, 0.6) is 0 Å². The average molecular weight is 313 g/mol. The van der Waals surface area contributed by atoms with Crippen LogP contribution in [0.3, 0.4) is 0 Å². The fourth-order valence-electron chi connectivity index (χ4n) is 1.39. The van der Waals surface area contributed by atoms with Crippen LogP contribution in [0.4, 0.5) is 0 Å². The predicted molar refractivity (Wildman–Crippen MR) is 76.2 cm³/mol. The van der Waals surface area contributed by atoms with E-state index < -0.39 is 5.91 Å². The van der Waals surface area contributed by atoms with E-state index in [4.69, 9.17) is 21.9 Å². The Balaban J connectivity index is 1.80. The summed E-state index contributed by atoms with van der Waals surface area (Å²) in [5.41, 5.74) is 5.00. The van der Waals surface area contributed by atoms with Gasteiger partial charge in [0.1, 0.15) is 0 Å². The number of rotatable bonds is 7. The first-order chi connectivity index (χ1) is 9.63. The number of aromatic nitrogens is 2. The Morgan fingerprint density at radius 2 is 2.15 bits per heavy atom. The van der Waals surface area contributed by atoms with Crippen LogP contribution in [0.1, 0.15) is 11.7 Å². The third kappa shape index (κ3) is 4.84. The molecule has 1 amide bonds. The van der Waals surface area contributed by atoms with Crippen molar-refractivity contribution in [3.63, 3.8) is 0 Å². The van der Waals surface area contributed by atoms with Gasteiger partial charge in [-0.3, -0.25) is 10.1 Å². The second-order valence-corrected chi connectivity index (χ2v) is 5.40. The van der Waals surface area contributed by atoms with Gasteiger partial charge in [0.25, 0.3) is 0 Å². The van der Waals surface area contributed by atoms with E-state index >= 15 is 0 Å². The first kappa shape index (κ1) is 14.8. The normalized spacial score (nSPS) is 10.7. The number of hydrogen-bond acceptors (Lipinski definition) is 6. The molecule has 8 heteroatoms. The molecule has 0 unspecified atom stereocenters. The van der Waals surface area contributed by atoms with Crippen molar-refractivity contribution in [2.75, 3.05) is 6.54 Å². The molecular formula is C12H13ClN4O2S. The number of thioether (sulfide) groups is 1. The van der Waals surface area contributed by atoms with Crippen molar-refractivity contribution in [3.8, 4) is 0 Å². The molecule has 0 atom stereocenters. The molecule has 0 saturated heterocycles. The fourth-order valence-corrected chi connectivity index (χ4v) is 2.26. The third-order valence-corrected chi connectivity index (χ3v) is 3.53. The molecule has 0 aliphatic rings. The van der Waals surface area contributed by atoms with Gasteiger partial charge in [-0.15, -0.1) is 11.8 Å². The summed E-state index contributed by atoms with van der Waals surface area (Å²) in [5, 5.41) is 7.36. The molecule has 0 saturated carbocycles. The Hall–Kier alpha value is -1.57. The van der Waals surface area contributed by atoms with Gasteiger partial charge in [-0.1, -0.05) is 16.8 Å². The predicted octanol–water partition coefficient (Wildman–Crippen LogP) is 1.59. The van der Waals surface area contributed by atoms with Crippen molar-refractivity contribution >= 4 is 29.3 Å². The Morgan fingerprint density at radius 1 is 1.40 bits per heavy atom. The second kappa shape index (κ2) is 7.28. The molecule has 0 aliphatic carbocycles. The lowest BCUT2D eigenvalue weighted by Crippen LogP contribution is -2.28. The SMILES string of the molecule is NC(=O)CNCc1nc(CSc2ccc(Cl)cc2)no1. The number of nitrogens with two attached hydrogens (primary N) is 1. The molecule has 1 aromatic carbocycles.